The van der Waals surface area contributed by atoms with Gasteiger partial charge in [0.2, 0.25) is 5.91 Å². The summed E-state index contributed by atoms with van der Waals surface area (Å²) in [4.78, 5) is 21.0. The van der Waals surface area contributed by atoms with Gasteiger partial charge in [-0.3, -0.25) is 4.79 Å². The highest BCUT2D eigenvalue weighted by atomic mass is 79.9. The van der Waals surface area contributed by atoms with Crippen molar-refractivity contribution in [2.45, 2.75) is 26.8 Å². The monoisotopic (exact) mass is 438 g/mol. The van der Waals surface area contributed by atoms with Gasteiger partial charge in [0.05, 0.1) is 30.1 Å². The third-order valence-corrected chi connectivity index (χ3v) is 6.20. The fraction of sp³-hybridized carbons (Fsp3) is 0.182. The summed E-state index contributed by atoms with van der Waals surface area (Å²) in [5, 5.41) is 2.02. The Bertz CT molecular complexity index is 1040. The predicted molar refractivity (Wildman–Crippen MR) is 116 cm³/mol. The maximum Gasteiger partial charge on any atom is 0.233 e. The van der Waals surface area contributed by atoms with Crippen molar-refractivity contribution in [2.24, 2.45) is 4.99 Å². The van der Waals surface area contributed by atoms with Crippen molar-refractivity contribution in [1.29, 1.82) is 0 Å². The van der Waals surface area contributed by atoms with E-state index in [0.717, 1.165) is 37.6 Å². The normalized spacial score (nSPS) is 14.0. The lowest BCUT2D eigenvalue weighted by Crippen LogP contribution is -2.31. The molecule has 27 heavy (non-hydrogen) atoms. The second kappa shape index (κ2) is 7.41. The lowest BCUT2D eigenvalue weighted by atomic mass is 10.1. The summed E-state index contributed by atoms with van der Waals surface area (Å²) in [5.74, 6) is 0.0733. The van der Waals surface area contributed by atoms with Gasteiger partial charge >= 0.3 is 0 Å². The summed E-state index contributed by atoms with van der Waals surface area (Å²) in [6.45, 7) is 4.69. The van der Waals surface area contributed by atoms with Crippen LogP contribution < -0.4 is 4.90 Å². The predicted octanol–water partition coefficient (Wildman–Crippen LogP) is 6.19. The Kier molecular flexibility index (Phi) is 4.98. The number of carbonyl (C=O) groups is 1. The molecule has 0 fully saturated rings. The minimum absolute atomic E-state index is 0.0733. The number of thiophene rings is 1. The van der Waals surface area contributed by atoms with Gasteiger partial charge in [-0.2, -0.15) is 0 Å². The van der Waals surface area contributed by atoms with E-state index in [-0.39, 0.29) is 5.91 Å². The molecular weight excluding hydrogens is 420 g/mol. The number of carbonyl (C=O) groups excluding carboxylic acids is 1. The quantitative estimate of drug-likeness (QED) is 0.479. The zero-order valence-corrected chi connectivity index (χ0v) is 17.6. The molecule has 0 spiro atoms. The van der Waals surface area contributed by atoms with Crippen molar-refractivity contribution in [3.63, 3.8) is 0 Å². The van der Waals surface area contributed by atoms with Crippen molar-refractivity contribution in [3.05, 3.63) is 80.0 Å². The van der Waals surface area contributed by atoms with Crippen LogP contribution in [0.1, 0.15) is 28.0 Å². The number of anilines is 1. The van der Waals surface area contributed by atoms with Crippen molar-refractivity contribution < 1.29 is 4.79 Å². The Hall–Kier alpha value is -2.24. The van der Waals surface area contributed by atoms with Crippen LogP contribution >= 0.6 is 27.3 Å². The standard InChI is InChI=1S/C22H19BrN2OS/c1-14-9-18-20(10-15(14)2)25(13-16-5-3-6-17(23)11-16)22(26)12-19(24-18)21-7-4-8-27-21/h3-11H,12-13H2,1-2H3. The number of halogens is 1. The third kappa shape index (κ3) is 3.75. The topological polar surface area (TPSA) is 32.7 Å². The fourth-order valence-electron chi connectivity index (χ4n) is 3.23. The maximum atomic E-state index is 13.2. The summed E-state index contributed by atoms with van der Waals surface area (Å²) in [6, 6.07) is 16.3. The molecule has 2 heterocycles. The zero-order chi connectivity index (χ0) is 19.0. The first-order valence-electron chi connectivity index (χ1n) is 8.79. The average Bonchev–Trinajstić information content (AvgIpc) is 3.13. The van der Waals surface area contributed by atoms with Crippen LogP contribution in [0.4, 0.5) is 11.4 Å². The highest BCUT2D eigenvalue weighted by Crippen LogP contribution is 2.37. The number of rotatable bonds is 3. The zero-order valence-electron chi connectivity index (χ0n) is 15.2. The number of benzene rings is 2. The number of nitrogens with zero attached hydrogens (tertiary/aromatic N) is 2. The van der Waals surface area contributed by atoms with Crippen LogP contribution in [0.15, 0.2) is 63.4 Å². The highest BCUT2D eigenvalue weighted by Gasteiger charge is 2.26. The highest BCUT2D eigenvalue weighted by molar-refractivity contribution is 9.10. The molecule has 5 heteroatoms. The lowest BCUT2D eigenvalue weighted by molar-refractivity contribution is -0.117. The summed E-state index contributed by atoms with van der Waals surface area (Å²) in [6.07, 6.45) is 0.307. The van der Waals surface area contributed by atoms with E-state index in [9.17, 15) is 4.79 Å². The van der Waals surface area contributed by atoms with Gasteiger partial charge in [-0.15, -0.1) is 11.3 Å². The smallest absolute Gasteiger partial charge is 0.233 e. The molecule has 3 nitrogen and oxygen atoms in total. The van der Waals surface area contributed by atoms with Crippen LogP contribution in [0, 0.1) is 13.8 Å². The molecule has 0 aliphatic carbocycles. The summed E-state index contributed by atoms with van der Waals surface area (Å²) < 4.78 is 1.01. The molecule has 1 aromatic heterocycles. The van der Waals surface area contributed by atoms with Gasteiger partial charge in [-0.25, -0.2) is 4.99 Å². The van der Waals surface area contributed by atoms with Gasteiger partial charge in [-0.1, -0.05) is 34.1 Å². The van der Waals surface area contributed by atoms with E-state index in [1.54, 1.807) is 11.3 Å². The van der Waals surface area contributed by atoms with Crippen LogP contribution in [-0.4, -0.2) is 11.6 Å². The first-order valence-corrected chi connectivity index (χ1v) is 10.5. The second-order valence-electron chi connectivity index (χ2n) is 6.75. The fourth-order valence-corrected chi connectivity index (χ4v) is 4.39. The molecule has 0 saturated carbocycles. The molecule has 1 amide bonds. The van der Waals surface area contributed by atoms with Gasteiger partial charge in [0.15, 0.2) is 0 Å². The van der Waals surface area contributed by atoms with E-state index >= 15 is 0 Å². The Morgan fingerprint density at radius 1 is 1.11 bits per heavy atom. The Morgan fingerprint density at radius 3 is 2.67 bits per heavy atom. The molecule has 2 aromatic carbocycles. The lowest BCUT2D eigenvalue weighted by Gasteiger charge is -2.23. The number of aryl methyl sites for hydroxylation is 2. The van der Waals surface area contributed by atoms with E-state index in [4.69, 9.17) is 4.99 Å². The van der Waals surface area contributed by atoms with Crippen molar-refractivity contribution >= 4 is 50.3 Å². The molecule has 0 unspecified atom stereocenters. The average molecular weight is 439 g/mol. The number of hydrogen-bond acceptors (Lipinski definition) is 3. The molecule has 0 atom stereocenters. The van der Waals surface area contributed by atoms with E-state index in [1.165, 1.54) is 5.56 Å². The van der Waals surface area contributed by atoms with Crippen molar-refractivity contribution in [3.8, 4) is 0 Å². The molecule has 0 radical (unpaired) electrons. The molecule has 1 aliphatic heterocycles. The minimum atomic E-state index is 0.0733. The van der Waals surface area contributed by atoms with Gasteiger partial charge < -0.3 is 4.90 Å². The van der Waals surface area contributed by atoms with Crippen LogP contribution in [0.2, 0.25) is 0 Å². The van der Waals surface area contributed by atoms with Gasteiger partial charge in [0.25, 0.3) is 0 Å². The Labute approximate surface area is 171 Å². The van der Waals surface area contributed by atoms with E-state index in [2.05, 4.69) is 48.0 Å². The van der Waals surface area contributed by atoms with Gasteiger partial charge in [-0.05, 0) is 66.2 Å². The Morgan fingerprint density at radius 2 is 1.93 bits per heavy atom. The third-order valence-electron chi connectivity index (χ3n) is 4.79. The van der Waals surface area contributed by atoms with Crippen molar-refractivity contribution in [2.75, 3.05) is 4.90 Å². The van der Waals surface area contributed by atoms with Crippen LogP contribution in [0.5, 0.6) is 0 Å². The SMILES string of the molecule is Cc1cc2c(cc1C)N(Cc1cccc(Br)c1)C(=O)CC(c1cccs1)=N2. The van der Waals surface area contributed by atoms with E-state index in [0.29, 0.717) is 13.0 Å². The molecule has 136 valence electrons. The van der Waals surface area contributed by atoms with E-state index in [1.807, 2.05) is 40.6 Å². The Balaban J connectivity index is 1.81. The molecule has 1 aliphatic rings. The molecular formula is C22H19BrN2OS. The van der Waals surface area contributed by atoms with Crippen LogP contribution in [0.3, 0.4) is 0 Å². The molecule has 0 saturated heterocycles. The summed E-state index contributed by atoms with van der Waals surface area (Å²) in [7, 11) is 0. The summed E-state index contributed by atoms with van der Waals surface area (Å²) >= 11 is 5.14. The maximum absolute atomic E-state index is 13.2. The van der Waals surface area contributed by atoms with Crippen LogP contribution in [-0.2, 0) is 11.3 Å². The number of amides is 1. The first kappa shape index (κ1) is 18.1. The number of aliphatic imine (C=N–C) groups is 1. The number of hydrogen-bond donors (Lipinski definition) is 0. The first-order chi connectivity index (χ1) is 13.0. The molecule has 0 N–H and O–H groups in total. The summed E-state index contributed by atoms with van der Waals surface area (Å²) in [5.41, 5.74) is 6.02. The number of fused-ring (bicyclic) bond motifs is 1. The molecule has 4 rings (SSSR count). The van der Waals surface area contributed by atoms with Gasteiger partial charge in [0.1, 0.15) is 0 Å². The van der Waals surface area contributed by atoms with Crippen LogP contribution in [0.25, 0.3) is 0 Å². The molecule has 0 bridgehead atoms. The second-order valence-corrected chi connectivity index (χ2v) is 8.61. The van der Waals surface area contributed by atoms with Crippen molar-refractivity contribution in [1.82, 2.24) is 0 Å². The van der Waals surface area contributed by atoms with Gasteiger partial charge in [0, 0.05) is 9.35 Å². The molecule has 3 aromatic rings. The van der Waals surface area contributed by atoms with E-state index < -0.39 is 0 Å². The largest absolute Gasteiger partial charge is 0.306 e. The minimum Gasteiger partial charge on any atom is -0.306 e.